The Kier molecular flexibility index (Phi) is 7.67. The summed E-state index contributed by atoms with van der Waals surface area (Å²) < 4.78 is 32.6. The highest BCUT2D eigenvalue weighted by Crippen LogP contribution is 2.32. The minimum absolute atomic E-state index is 0.192. The Morgan fingerprint density at radius 1 is 0.941 bits per heavy atom. The summed E-state index contributed by atoms with van der Waals surface area (Å²) in [5, 5.41) is 3.05. The van der Waals surface area contributed by atoms with E-state index in [-0.39, 0.29) is 22.8 Å². The van der Waals surface area contributed by atoms with E-state index in [0.717, 1.165) is 22.4 Å². The second-order valence-corrected chi connectivity index (χ2v) is 10.6. The quantitative estimate of drug-likeness (QED) is 0.466. The molecule has 0 fully saturated rings. The number of amides is 1. The highest BCUT2D eigenvalue weighted by Gasteiger charge is 2.22. The van der Waals surface area contributed by atoms with Crippen LogP contribution < -0.4 is 14.4 Å². The molecule has 0 bridgehead atoms. The van der Waals surface area contributed by atoms with Crippen LogP contribution in [0.5, 0.6) is 5.75 Å². The molecular weight excluding hydrogens is 448 g/mol. The number of carbonyl (C=O) groups excluding carboxylic acids is 1. The van der Waals surface area contributed by atoms with Crippen molar-refractivity contribution in [2.24, 2.45) is 0 Å². The molecule has 6 nitrogen and oxygen atoms in total. The van der Waals surface area contributed by atoms with Gasteiger partial charge in [-0.2, -0.15) is 0 Å². The van der Waals surface area contributed by atoms with Crippen LogP contribution in [0, 0.1) is 6.92 Å². The topological polar surface area (TPSA) is 75.7 Å². The first-order valence-corrected chi connectivity index (χ1v) is 12.6. The SMILES string of the molecule is COc1cc(C)c([C@H](C)NC(=O)c2cccc(N(C)S(=O)(=O)c3ccccc3)c2)cc1C(C)C. The predicted molar refractivity (Wildman–Crippen MR) is 136 cm³/mol. The van der Waals surface area contributed by atoms with Crippen molar-refractivity contribution in [3.63, 3.8) is 0 Å². The molecule has 0 aliphatic heterocycles. The second-order valence-electron chi connectivity index (χ2n) is 8.64. The van der Waals surface area contributed by atoms with Gasteiger partial charge in [0.05, 0.1) is 23.7 Å². The van der Waals surface area contributed by atoms with Gasteiger partial charge in [0.15, 0.2) is 0 Å². The van der Waals surface area contributed by atoms with Gasteiger partial charge in [-0.05, 0) is 78.9 Å². The molecule has 1 N–H and O–H groups in total. The van der Waals surface area contributed by atoms with Crippen LogP contribution in [0.1, 0.15) is 59.8 Å². The molecule has 0 saturated carbocycles. The molecule has 1 amide bonds. The van der Waals surface area contributed by atoms with Gasteiger partial charge >= 0.3 is 0 Å². The maximum atomic E-state index is 13.1. The van der Waals surface area contributed by atoms with Crippen molar-refractivity contribution in [1.82, 2.24) is 5.32 Å². The summed E-state index contributed by atoms with van der Waals surface area (Å²) in [4.78, 5) is 13.3. The fourth-order valence-electron chi connectivity index (χ4n) is 3.90. The first-order valence-electron chi connectivity index (χ1n) is 11.2. The van der Waals surface area contributed by atoms with E-state index in [1.165, 1.54) is 11.4 Å². The van der Waals surface area contributed by atoms with E-state index in [0.29, 0.717) is 11.3 Å². The number of hydrogen-bond acceptors (Lipinski definition) is 4. The summed E-state index contributed by atoms with van der Waals surface area (Å²) >= 11 is 0. The molecule has 0 saturated heterocycles. The smallest absolute Gasteiger partial charge is 0.264 e. The third-order valence-electron chi connectivity index (χ3n) is 5.93. The average Bonchev–Trinajstić information content (AvgIpc) is 2.83. The summed E-state index contributed by atoms with van der Waals surface area (Å²) in [6, 6.07) is 18.7. The first-order chi connectivity index (χ1) is 16.1. The van der Waals surface area contributed by atoms with Crippen LogP contribution in [0.15, 0.2) is 71.6 Å². The van der Waals surface area contributed by atoms with Crippen LogP contribution in [0.25, 0.3) is 0 Å². The van der Waals surface area contributed by atoms with Crippen LogP contribution in [-0.4, -0.2) is 28.5 Å². The Bertz CT molecular complexity index is 1270. The normalized spacial score (nSPS) is 12.3. The van der Waals surface area contributed by atoms with Gasteiger partial charge < -0.3 is 10.1 Å². The maximum absolute atomic E-state index is 13.1. The van der Waals surface area contributed by atoms with Crippen molar-refractivity contribution in [2.45, 2.75) is 44.6 Å². The average molecular weight is 481 g/mol. The van der Waals surface area contributed by atoms with Gasteiger partial charge in [0.1, 0.15) is 5.75 Å². The number of methoxy groups -OCH3 is 1. The van der Waals surface area contributed by atoms with Gasteiger partial charge in [0, 0.05) is 12.6 Å². The standard InChI is InChI=1S/C27H32N2O4S/c1-18(2)24-17-25(19(3)15-26(24)33-6)20(4)28-27(30)21-11-10-12-22(16-21)29(5)34(31,32)23-13-8-7-9-14-23/h7-18,20H,1-6H3,(H,28,30)/t20-/m0/s1. The summed E-state index contributed by atoms with van der Waals surface area (Å²) in [6.07, 6.45) is 0. The third kappa shape index (κ3) is 5.25. The number of aryl methyl sites for hydroxylation is 1. The van der Waals surface area contributed by atoms with E-state index >= 15 is 0 Å². The first kappa shape index (κ1) is 25.3. The number of rotatable bonds is 8. The largest absolute Gasteiger partial charge is 0.496 e. The van der Waals surface area contributed by atoms with E-state index in [4.69, 9.17) is 4.74 Å². The van der Waals surface area contributed by atoms with Crippen LogP contribution in [0.2, 0.25) is 0 Å². The zero-order valence-electron chi connectivity index (χ0n) is 20.5. The molecule has 0 radical (unpaired) electrons. The number of sulfonamides is 1. The van der Waals surface area contributed by atoms with Gasteiger partial charge in [-0.1, -0.05) is 38.1 Å². The summed E-state index contributed by atoms with van der Waals surface area (Å²) in [5.74, 6) is 0.835. The van der Waals surface area contributed by atoms with Gasteiger partial charge in [0.2, 0.25) is 0 Å². The van der Waals surface area contributed by atoms with Crippen LogP contribution in [0.4, 0.5) is 5.69 Å². The van der Waals surface area contributed by atoms with Gasteiger partial charge in [0.25, 0.3) is 15.9 Å². The minimum atomic E-state index is -3.74. The second kappa shape index (κ2) is 10.3. The van der Waals surface area contributed by atoms with Crippen molar-refractivity contribution in [3.05, 3.63) is 89.0 Å². The molecule has 0 spiro atoms. The van der Waals surface area contributed by atoms with Crippen molar-refractivity contribution in [1.29, 1.82) is 0 Å². The van der Waals surface area contributed by atoms with E-state index < -0.39 is 10.0 Å². The number of benzene rings is 3. The molecule has 0 aliphatic carbocycles. The molecule has 3 rings (SSSR count). The summed E-state index contributed by atoms with van der Waals surface area (Å²) in [5.41, 5.74) is 3.91. The summed E-state index contributed by atoms with van der Waals surface area (Å²) in [7, 11) is -0.593. The van der Waals surface area contributed by atoms with Crippen LogP contribution in [-0.2, 0) is 10.0 Å². The van der Waals surface area contributed by atoms with E-state index in [9.17, 15) is 13.2 Å². The Labute approximate surface area is 202 Å². The van der Waals surface area contributed by atoms with E-state index in [2.05, 4.69) is 25.2 Å². The lowest BCUT2D eigenvalue weighted by atomic mass is 9.93. The minimum Gasteiger partial charge on any atom is -0.496 e. The number of anilines is 1. The zero-order chi connectivity index (χ0) is 25.0. The lowest BCUT2D eigenvalue weighted by Gasteiger charge is -2.22. The number of nitrogens with zero attached hydrogens (tertiary/aromatic N) is 1. The maximum Gasteiger partial charge on any atom is 0.264 e. The molecular formula is C27H32N2O4S. The molecule has 0 unspecified atom stereocenters. The Morgan fingerprint density at radius 3 is 2.24 bits per heavy atom. The Hall–Kier alpha value is -3.32. The zero-order valence-corrected chi connectivity index (χ0v) is 21.3. The number of carbonyl (C=O) groups is 1. The van der Waals surface area contributed by atoms with Crippen molar-refractivity contribution in [3.8, 4) is 5.75 Å². The Balaban J connectivity index is 1.84. The highest BCUT2D eigenvalue weighted by atomic mass is 32.2. The molecule has 1 atom stereocenters. The van der Waals surface area contributed by atoms with Gasteiger partial charge in [-0.25, -0.2) is 8.42 Å². The highest BCUT2D eigenvalue weighted by molar-refractivity contribution is 7.92. The molecule has 3 aromatic carbocycles. The van der Waals surface area contributed by atoms with Crippen LogP contribution in [0.3, 0.4) is 0 Å². The van der Waals surface area contributed by atoms with Crippen molar-refractivity contribution in [2.75, 3.05) is 18.5 Å². The molecule has 0 heterocycles. The van der Waals surface area contributed by atoms with Gasteiger partial charge in [-0.15, -0.1) is 0 Å². The molecule has 7 heteroatoms. The van der Waals surface area contributed by atoms with Crippen molar-refractivity contribution < 1.29 is 17.9 Å². The molecule has 0 aliphatic rings. The lowest BCUT2D eigenvalue weighted by Crippen LogP contribution is -2.29. The monoisotopic (exact) mass is 480 g/mol. The van der Waals surface area contributed by atoms with Crippen LogP contribution >= 0.6 is 0 Å². The Morgan fingerprint density at radius 2 is 1.62 bits per heavy atom. The fourth-order valence-corrected chi connectivity index (χ4v) is 5.11. The molecule has 180 valence electrons. The number of hydrogen-bond donors (Lipinski definition) is 1. The number of ether oxygens (including phenoxy) is 1. The van der Waals surface area contributed by atoms with Crippen molar-refractivity contribution >= 4 is 21.6 Å². The predicted octanol–water partition coefficient (Wildman–Crippen LogP) is 5.44. The molecule has 3 aromatic rings. The summed E-state index contributed by atoms with van der Waals surface area (Å²) in [6.45, 7) is 8.14. The van der Waals surface area contributed by atoms with E-state index in [1.54, 1.807) is 61.7 Å². The van der Waals surface area contributed by atoms with E-state index in [1.807, 2.05) is 19.9 Å². The lowest BCUT2D eigenvalue weighted by molar-refractivity contribution is 0.0940. The third-order valence-corrected chi connectivity index (χ3v) is 7.73. The fraction of sp³-hybridized carbons (Fsp3) is 0.296. The molecule has 0 aromatic heterocycles. The molecule has 34 heavy (non-hydrogen) atoms. The number of nitrogens with one attached hydrogen (secondary N) is 1. The van der Waals surface area contributed by atoms with Gasteiger partial charge in [-0.3, -0.25) is 9.10 Å².